The fraction of sp³-hybridized carbons (Fsp3) is 0.0833. The Morgan fingerprint density at radius 2 is 2.06 bits per heavy atom. The van der Waals surface area contributed by atoms with Gasteiger partial charge in [-0.05, 0) is 24.6 Å². The Hall–Kier alpha value is -1.23. The summed E-state index contributed by atoms with van der Waals surface area (Å²) in [5.41, 5.74) is 1.34. The van der Waals surface area contributed by atoms with E-state index in [9.17, 15) is 9.59 Å². The lowest BCUT2D eigenvalue weighted by Gasteiger charge is -1.97. The third kappa shape index (κ3) is 2.77. The van der Waals surface area contributed by atoms with Crippen LogP contribution >= 0.6 is 34.5 Å². The maximum atomic E-state index is 11.9. The summed E-state index contributed by atoms with van der Waals surface area (Å²) in [5, 5.41) is 0. The first-order valence-electron chi connectivity index (χ1n) is 5.01. The molecule has 0 fully saturated rings. The van der Waals surface area contributed by atoms with Crippen molar-refractivity contribution in [2.24, 2.45) is 0 Å². The first-order valence-corrected chi connectivity index (χ1v) is 6.58. The molecule has 1 heterocycles. The zero-order chi connectivity index (χ0) is 13.3. The van der Waals surface area contributed by atoms with Crippen LogP contribution in [-0.2, 0) is 4.79 Å². The van der Waals surface area contributed by atoms with Crippen molar-refractivity contribution in [1.29, 1.82) is 0 Å². The molecule has 1 aliphatic carbocycles. The van der Waals surface area contributed by atoms with Crippen LogP contribution in [0.2, 0.25) is 8.67 Å². The Kier molecular flexibility index (Phi) is 3.80. The first-order chi connectivity index (χ1) is 8.47. The van der Waals surface area contributed by atoms with Gasteiger partial charge in [0.15, 0.2) is 0 Å². The standard InChI is InChI=1S/C12H7Cl2NO2S/c1-6-2-3-8(9(16)4-6)15-12(17)7-5-10(13)18-11(7)14/h2-5H,1H3/p+1. The van der Waals surface area contributed by atoms with E-state index in [0.29, 0.717) is 8.67 Å². The van der Waals surface area contributed by atoms with Gasteiger partial charge in [0.05, 0.1) is 4.34 Å². The largest absolute Gasteiger partial charge is 0.420 e. The van der Waals surface area contributed by atoms with Crippen molar-refractivity contribution >= 4 is 51.9 Å². The summed E-state index contributed by atoms with van der Waals surface area (Å²) in [6, 6.07) is 1.47. The van der Waals surface area contributed by atoms with Crippen LogP contribution in [0.25, 0.3) is 0 Å². The van der Waals surface area contributed by atoms with Crippen molar-refractivity contribution < 1.29 is 14.6 Å². The molecule has 0 unspecified atom stereocenters. The molecule has 1 aromatic heterocycles. The van der Waals surface area contributed by atoms with Gasteiger partial charge < -0.3 is 0 Å². The molecule has 1 N–H and O–H groups in total. The minimum atomic E-state index is -0.441. The molecule has 1 aromatic rings. The average Bonchev–Trinajstić information content (AvgIpc) is 2.62. The molecule has 6 heteroatoms. The number of thiophene rings is 1. The molecule has 0 radical (unpaired) electrons. The minimum absolute atomic E-state index is 0.226. The number of ketones is 1. The average molecular weight is 301 g/mol. The van der Waals surface area contributed by atoms with Crippen LogP contribution in [0.4, 0.5) is 0 Å². The quantitative estimate of drug-likeness (QED) is 0.804. The maximum absolute atomic E-state index is 11.9. The molecule has 0 spiro atoms. The summed E-state index contributed by atoms with van der Waals surface area (Å²) in [4.78, 5) is 26.0. The maximum Gasteiger partial charge on any atom is 0.420 e. The van der Waals surface area contributed by atoms with Crippen LogP contribution in [0.3, 0.4) is 0 Å². The summed E-state index contributed by atoms with van der Waals surface area (Å²) in [7, 11) is 0. The third-order valence-corrected chi connectivity index (χ3v) is 3.77. The van der Waals surface area contributed by atoms with Crippen molar-refractivity contribution in [3.8, 4) is 0 Å². The molecule has 0 saturated heterocycles. The molecule has 1 amide bonds. The second-order valence-electron chi connectivity index (χ2n) is 3.69. The lowest BCUT2D eigenvalue weighted by Crippen LogP contribution is -2.78. The SMILES string of the molecule is CC1=CC(=O)C(=[NH+]C(=O)c2cc(Cl)sc2Cl)C=C1. The lowest BCUT2D eigenvalue weighted by molar-refractivity contribution is -0.343. The zero-order valence-electron chi connectivity index (χ0n) is 9.29. The van der Waals surface area contributed by atoms with E-state index in [4.69, 9.17) is 23.2 Å². The topological polar surface area (TPSA) is 48.1 Å². The van der Waals surface area contributed by atoms with E-state index in [1.54, 1.807) is 12.2 Å². The van der Waals surface area contributed by atoms with Gasteiger partial charge in [-0.1, -0.05) is 29.3 Å². The molecule has 0 aliphatic heterocycles. The molecule has 2 rings (SSSR count). The van der Waals surface area contributed by atoms with Crippen molar-refractivity contribution in [1.82, 2.24) is 0 Å². The van der Waals surface area contributed by atoms with Crippen molar-refractivity contribution in [3.63, 3.8) is 0 Å². The first kappa shape index (κ1) is 13.2. The molecular formula is C12H8Cl2NO2S+. The number of halogens is 2. The second kappa shape index (κ2) is 5.18. The van der Waals surface area contributed by atoms with E-state index in [-0.39, 0.29) is 17.1 Å². The number of hydrogen-bond donors (Lipinski definition) is 1. The number of amides is 1. The zero-order valence-corrected chi connectivity index (χ0v) is 11.6. The van der Waals surface area contributed by atoms with Crippen LogP contribution in [0.5, 0.6) is 0 Å². The molecule has 1 aliphatic rings. The van der Waals surface area contributed by atoms with Gasteiger partial charge in [0, 0.05) is 6.08 Å². The lowest BCUT2D eigenvalue weighted by atomic mass is 10.1. The molecular weight excluding hydrogens is 293 g/mol. The van der Waals surface area contributed by atoms with E-state index in [1.807, 2.05) is 6.92 Å². The Labute approximate surface area is 117 Å². The van der Waals surface area contributed by atoms with Gasteiger partial charge in [-0.3, -0.25) is 4.79 Å². The van der Waals surface area contributed by atoms with E-state index >= 15 is 0 Å². The van der Waals surface area contributed by atoms with E-state index in [0.717, 1.165) is 16.9 Å². The third-order valence-electron chi connectivity index (χ3n) is 2.29. The van der Waals surface area contributed by atoms with Crippen molar-refractivity contribution in [3.05, 3.63) is 44.1 Å². The summed E-state index contributed by atoms with van der Waals surface area (Å²) < 4.78 is 0.730. The van der Waals surface area contributed by atoms with Crippen molar-refractivity contribution in [2.75, 3.05) is 0 Å². The molecule has 92 valence electrons. The van der Waals surface area contributed by atoms with E-state index in [2.05, 4.69) is 4.99 Å². The van der Waals surface area contributed by atoms with E-state index in [1.165, 1.54) is 12.1 Å². The predicted molar refractivity (Wildman–Crippen MR) is 72.5 cm³/mol. The fourth-order valence-corrected chi connectivity index (χ4v) is 2.88. The number of nitrogens with one attached hydrogen (secondary N) is 1. The van der Waals surface area contributed by atoms with Gasteiger partial charge in [0.1, 0.15) is 9.90 Å². The Balaban J connectivity index is 2.30. The highest BCUT2D eigenvalue weighted by atomic mass is 35.5. The number of allylic oxidation sites excluding steroid dienone is 4. The highest BCUT2D eigenvalue weighted by Gasteiger charge is 2.23. The van der Waals surface area contributed by atoms with Gasteiger partial charge >= 0.3 is 5.91 Å². The predicted octanol–water partition coefficient (Wildman–Crippen LogP) is 1.80. The van der Waals surface area contributed by atoms with Crippen LogP contribution in [0, 0.1) is 0 Å². The van der Waals surface area contributed by atoms with Crippen LogP contribution in [0.1, 0.15) is 17.3 Å². The monoisotopic (exact) mass is 300 g/mol. The normalized spacial score (nSPS) is 17.2. The van der Waals surface area contributed by atoms with Gasteiger partial charge in [-0.15, -0.1) is 11.3 Å². The Morgan fingerprint density at radius 3 is 2.61 bits per heavy atom. The smallest absolute Gasteiger partial charge is 0.282 e. The van der Waals surface area contributed by atoms with Gasteiger partial charge in [0.25, 0.3) is 5.71 Å². The summed E-state index contributed by atoms with van der Waals surface area (Å²) in [6.07, 6.45) is 4.77. The van der Waals surface area contributed by atoms with Gasteiger partial charge in [0.2, 0.25) is 5.78 Å². The summed E-state index contributed by atoms with van der Waals surface area (Å²) in [6.45, 7) is 1.81. The molecule has 0 saturated carbocycles. The number of rotatable bonds is 1. The molecule has 0 atom stereocenters. The van der Waals surface area contributed by atoms with Crippen molar-refractivity contribution in [2.45, 2.75) is 6.92 Å². The number of carbonyl (C=O) groups excluding carboxylic acids is 2. The van der Waals surface area contributed by atoms with Crippen LogP contribution < -0.4 is 4.99 Å². The van der Waals surface area contributed by atoms with E-state index < -0.39 is 5.91 Å². The number of carbonyl (C=O) groups is 2. The van der Waals surface area contributed by atoms with Crippen LogP contribution in [0.15, 0.2) is 29.9 Å². The van der Waals surface area contributed by atoms with Gasteiger partial charge in [-0.2, -0.15) is 4.99 Å². The molecule has 0 bridgehead atoms. The van der Waals surface area contributed by atoms with Crippen LogP contribution in [-0.4, -0.2) is 17.4 Å². The Morgan fingerprint density at radius 1 is 1.33 bits per heavy atom. The molecule has 3 nitrogen and oxygen atoms in total. The second-order valence-corrected chi connectivity index (χ2v) is 5.98. The van der Waals surface area contributed by atoms with Gasteiger partial charge in [-0.25, -0.2) is 4.79 Å². The summed E-state index contributed by atoms with van der Waals surface area (Å²) >= 11 is 12.7. The summed E-state index contributed by atoms with van der Waals surface area (Å²) in [5.74, 6) is -0.676. The molecule has 0 aromatic carbocycles. The minimum Gasteiger partial charge on any atom is -0.282 e. The number of hydrogen-bond acceptors (Lipinski definition) is 3. The highest BCUT2D eigenvalue weighted by molar-refractivity contribution is 7.20. The Bertz CT molecular complexity index is 626. The highest BCUT2D eigenvalue weighted by Crippen LogP contribution is 2.30. The molecule has 18 heavy (non-hydrogen) atoms. The fourth-order valence-electron chi connectivity index (χ4n) is 1.42.